The van der Waals surface area contributed by atoms with Crippen molar-refractivity contribution < 1.29 is 13.2 Å². The van der Waals surface area contributed by atoms with Gasteiger partial charge in [-0.15, -0.1) is 0 Å². The number of piperidine rings is 1. The Morgan fingerprint density at radius 2 is 1.88 bits per heavy atom. The van der Waals surface area contributed by atoms with Gasteiger partial charge in [0.2, 0.25) is 15.9 Å². The first-order chi connectivity index (χ1) is 11.5. The standard InChI is InChI=1S/C17H27N3O3S/c1-2-3-11-18-17(21)14-20-12-9-15(10-13-20)19-24(22,23)16-7-5-4-6-8-16/h4-8,15,19H,2-3,9-14H2,1H3,(H,18,21). The molecule has 0 unspecified atom stereocenters. The van der Waals surface area contributed by atoms with Gasteiger partial charge in [0.1, 0.15) is 0 Å². The lowest BCUT2D eigenvalue weighted by Gasteiger charge is -2.31. The third kappa shape index (κ3) is 5.89. The average molecular weight is 353 g/mol. The Hall–Kier alpha value is -1.44. The van der Waals surface area contributed by atoms with Gasteiger partial charge in [0.25, 0.3) is 0 Å². The normalized spacial score (nSPS) is 16.9. The lowest BCUT2D eigenvalue weighted by molar-refractivity contribution is -0.122. The molecule has 0 spiro atoms. The summed E-state index contributed by atoms with van der Waals surface area (Å²) in [5, 5.41) is 2.91. The topological polar surface area (TPSA) is 78.5 Å². The smallest absolute Gasteiger partial charge is 0.240 e. The number of nitrogens with one attached hydrogen (secondary N) is 2. The van der Waals surface area contributed by atoms with Crippen LogP contribution < -0.4 is 10.0 Å². The van der Waals surface area contributed by atoms with E-state index in [-0.39, 0.29) is 11.9 Å². The molecule has 0 radical (unpaired) electrons. The Morgan fingerprint density at radius 1 is 1.21 bits per heavy atom. The van der Waals surface area contributed by atoms with E-state index in [0.29, 0.717) is 24.3 Å². The van der Waals surface area contributed by atoms with E-state index in [1.165, 1.54) is 0 Å². The zero-order valence-electron chi connectivity index (χ0n) is 14.2. The molecule has 2 rings (SSSR count). The maximum absolute atomic E-state index is 12.3. The molecule has 7 heteroatoms. The molecule has 0 aromatic heterocycles. The summed E-state index contributed by atoms with van der Waals surface area (Å²) in [6.07, 6.45) is 3.49. The van der Waals surface area contributed by atoms with E-state index >= 15 is 0 Å². The first-order valence-corrected chi connectivity index (χ1v) is 10.1. The molecule has 1 fully saturated rings. The summed E-state index contributed by atoms with van der Waals surface area (Å²) >= 11 is 0. The van der Waals surface area contributed by atoms with Gasteiger partial charge in [0.15, 0.2) is 0 Å². The third-order valence-corrected chi connectivity index (χ3v) is 5.72. The van der Waals surface area contributed by atoms with Crippen molar-refractivity contribution in [2.45, 2.75) is 43.5 Å². The quantitative estimate of drug-likeness (QED) is 0.692. The second-order valence-corrected chi connectivity index (χ2v) is 7.90. The van der Waals surface area contributed by atoms with Gasteiger partial charge in [0, 0.05) is 25.7 Å². The Bertz CT molecular complexity index is 611. The highest BCUT2D eigenvalue weighted by molar-refractivity contribution is 7.89. The largest absolute Gasteiger partial charge is 0.355 e. The summed E-state index contributed by atoms with van der Waals surface area (Å²) in [5.41, 5.74) is 0. The molecule has 2 N–H and O–H groups in total. The fraction of sp³-hybridized carbons (Fsp3) is 0.588. The predicted molar refractivity (Wildman–Crippen MR) is 94.1 cm³/mol. The number of likely N-dealkylation sites (tertiary alicyclic amines) is 1. The first kappa shape index (κ1) is 18.9. The molecular formula is C17H27N3O3S. The summed E-state index contributed by atoms with van der Waals surface area (Å²) in [4.78, 5) is 14.2. The van der Waals surface area contributed by atoms with Crippen LogP contribution in [0.2, 0.25) is 0 Å². The second-order valence-electron chi connectivity index (χ2n) is 6.19. The number of rotatable bonds is 8. The van der Waals surface area contributed by atoms with E-state index in [0.717, 1.165) is 32.5 Å². The van der Waals surface area contributed by atoms with E-state index in [1.807, 2.05) is 0 Å². The first-order valence-electron chi connectivity index (χ1n) is 8.57. The molecule has 1 amide bonds. The van der Waals surface area contributed by atoms with Crippen LogP contribution in [0.1, 0.15) is 32.6 Å². The zero-order valence-corrected chi connectivity index (χ0v) is 15.0. The van der Waals surface area contributed by atoms with E-state index in [9.17, 15) is 13.2 Å². The molecule has 1 aromatic rings. The molecule has 1 saturated heterocycles. The highest BCUT2D eigenvalue weighted by Gasteiger charge is 2.25. The van der Waals surface area contributed by atoms with Crippen LogP contribution in [0.3, 0.4) is 0 Å². The van der Waals surface area contributed by atoms with Crippen molar-refractivity contribution in [1.82, 2.24) is 14.9 Å². The molecule has 134 valence electrons. The van der Waals surface area contributed by atoms with Crippen LogP contribution in [0.25, 0.3) is 0 Å². The number of unbranched alkanes of at least 4 members (excludes halogenated alkanes) is 1. The number of benzene rings is 1. The van der Waals surface area contributed by atoms with Crippen molar-refractivity contribution in [2.24, 2.45) is 0 Å². The number of sulfonamides is 1. The predicted octanol–water partition coefficient (Wildman–Crippen LogP) is 1.35. The number of carbonyl (C=O) groups excluding carboxylic acids is 1. The average Bonchev–Trinajstić information content (AvgIpc) is 2.57. The van der Waals surface area contributed by atoms with Crippen LogP contribution in [0.4, 0.5) is 0 Å². The summed E-state index contributed by atoms with van der Waals surface area (Å²) in [7, 11) is -3.46. The van der Waals surface area contributed by atoms with Crippen LogP contribution in [-0.4, -0.2) is 51.4 Å². The number of carbonyl (C=O) groups is 1. The van der Waals surface area contributed by atoms with E-state index in [2.05, 4.69) is 21.9 Å². The molecule has 0 saturated carbocycles. The second kappa shape index (κ2) is 9.15. The summed E-state index contributed by atoms with van der Waals surface area (Å²) in [5.74, 6) is 0.0479. The van der Waals surface area contributed by atoms with Gasteiger partial charge in [-0.25, -0.2) is 13.1 Å². The molecular weight excluding hydrogens is 326 g/mol. The molecule has 24 heavy (non-hydrogen) atoms. The highest BCUT2D eigenvalue weighted by atomic mass is 32.2. The van der Waals surface area contributed by atoms with Crippen molar-refractivity contribution >= 4 is 15.9 Å². The van der Waals surface area contributed by atoms with Crippen molar-refractivity contribution in [2.75, 3.05) is 26.2 Å². The molecule has 0 atom stereocenters. The minimum Gasteiger partial charge on any atom is -0.355 e. The number of amides is 1. The Balaban J connectivity index is 1.76. The molecule has 0 bridgehead atoms. The van der Waals surface area contributed by atoms with Gasteiger partial charge in [0.05, 0.1) is 11.4 Å². The van der Waals surface area contributed by atoms with Crippen molar-refractivity contribution in [3.05, 3.63) is 30.3 Å². The third-order valence-electron chi connectivity index (χ3n) is 4.18. The minimum atomic E-state index is -3.46. The fourth-order valence-electron chi connectivity index (χ4n) is 2.76. The molecule has 0 aliphatic carbocycles. The monoisotopic (exact) mass is 353 g/mol. The van der Waals surface area contributed by atoms with E-state index < -0.39 is 10.0 Å². The summed E-state index contributed by atoms with van der Waals surface area (Å²) < 4.78 is 27.4. The van der Waals surface area contributed by atoms with Crippen molar-refractivity contribution in [3.63, 3.8) is 0 Å². The van der Waals surface area contributed by atoms with Gasteiger partial charge in [-0.05, 0) is 31.4 Å². The molecule has 1 aliphatic rings. The van der Waals surface area contributed by atoms with E-state index in [1.54, 1.807) is 30.3 Å². The molecule has 6 nitrogen and oxygen atoms in total. The van der Waals surface area contributed by atoms with Crippen LogP contribution in [0.15, 0.2) is 35.2 Å². The number of hydrogen-bond donors (Lipinski definition) is 2. The van der Waals surface area contributed by atoms with Gasteiger partial charge in [-0.1, -0.05) is 31.5 Å². The maximum Gasteiger partial charge on any atom is 0.240 e. The molecule has 1 aromatic carbocycles. The van der Waals surface area contributed by atoms with Crippen LogP contribution >= 0.6 is 0 Å². The van der Waals surface area contributed by atoms with Crippen molar-refractivity contribution in [3.8, 4) is 0 Å². The van der Waals surface area contributed by atoms with Gasteiger partial charge in [-0.2, -0.15) is 0 Å². The van der Waals surface area contributed by atoms with Crippen LogP contribution in [0.5, 0.6) is 0 Å². The van der Waals surface area contributed by atoms with Gasteiger partial charge in [-0.3, -0.25) is 9.69 Å². The summed E-state index contributed by atoms with van der Waals surface area (Å²) in [6, 6.07) is 8.34. The summed E-state index contributed by atoms with van der Waals surface area (Å²) in [6.45, 7) is 4.66. The Kier molecular flexibility index (Phi) is 7.20. The lowest BCUT2D eigenvalue weighted by Crippen LogP contribution is -2.47. The number of nitrogens with zero attached hydrogens (tertiary/aromatic N) is 1. The van der Waals surface area contributed by atoms with Crippen LogP contribution in [-0.2, 0) is 14.8 Å². The van der Waals surface area contributed by atoms with E-state index in [4.69, 9.17) is 0 Å². The maximum atomic E-state index is 12.3. The number of hydrogen-bond acceptors (Lipinski definition) is 4. The highest BCUT2D eigenvalue weighted by Crippen LogP contribution is 2.14. The minimum absolute atomic E-state index is 0.0479. The SMILES string of the molecule is CCCCNC(=O)CN1CCC(NS(=O)(=O)c2ccccc2)CC1. The molecule has 1 aliphatic heterocycles. The zero-order chi connectivity index (χ0) is 17.4. The van der Waals surface area contributed by atoms with Crippen molar-refractivity contribution in [1.29, 1.82) is 0 Å². The van der Waals surface area contributed by atoms with Gasteiger partial charge >= 0.3 is 0 Å². The Morgan fingerprint density at radius 3 is 2.50 bits per heavy atom. The Labute approximate surface area is 144 Å². The van der Waals surface area contributed by atoms with Crippen LogP contribution in [0, 0.1) is 0 Å². The van der Waals surface area contributed by atoms with Gasteiger partial charge < -0.3 is 5.32 Å². The lowest BCUT2D eigenvalue weighted by atomic mass is 10.1. The fourth-order valence-corrected chi connectivity index (χ4v) is 4.09. The molecule has 1 heterocycles.